The molecule has 5 nitrogen and oxygen atoms in total. The first-order chi connectivity index (χ1) is 13.5. The molecule has 0 unspecified atom stereocenters. The molecule has 1 N–H and O–H groups in total. The van der Waals surface area contributed by atoms with Gasteiger partial charge in [-0.15, -0.1) is 11.8 Å². The van der Waals surface area contributed by atoms with Crippen LogP contribution in [0.5, 0.6) is 0 Å². The Morgan fingerprint density at radius 2 is 2.00 bits per heavy atom. The van der Waals surface area contributed by atoms with Crippen molar-refractivity contribution in [2.45, 2.75) is 11.7 Å². The smallest absolute Gasteiger partial charge is 0.319 e. The van der Waals surface area contributed by atoms with E-state index in [9.17, 15) is 14.9 Å². The zero-order valence-electron chi connectivity index (χ0n) is 15.0. The first kappa shape index (κ1) is 20.0. The third-order valence-electron chi connectivity index (χ3n) is 4.41. The predicted molar refractivity (Wildman–Crippen MR) is 108 cm³/mol. The van der Waals surface area contributed by atoms with Gasteiger partial charge >= 0.3 is 5.97 Å². The van der Waals surface area contributed by atoms with Crippen LogP contribution in [0.25, 0.3) is 0 Å². The van der Waals surface area contributed by atoms with E-state index in [0.717, 1.165) is 5.56 Å². The highest BCUT2D eigenvalue weighted by molar-refractivity contribution is 8.02. The minimum atomic E-state index is -1.11. The first-order valence-electron chi connectivity index (χ1n) is 8.50. The molecule has 2 aromatic carbocycles. The Morgan fingerprint density at radius 1 is 1.25 bits per heavy atom. The van der Waals surface area contributed by atoms with Gasteiger partial charge in [-0.3, -0.25) is 9.59 Å². The Balaban J connectivity index is 2.00. The fourth-order valence-electron chi connectivity index (χ4n) is 3.12. The number of esters is 1. The van der Waals surface area contributed by atoms with Gasteiger partial charge in [-0.2, -0.15) is 5.26 Å². The maximum Gasteiger partial charge on any atom is 0.319 e. The number of benzene rings is 2. The molecular weight excluding hydrogens is 396 g/mol. The van der Waals surface area contributed by atoms with Crippen LogP contribution in [0.3, 0.4) is 0 Å². The van der Waals surface area contributed by atoms with E-state index in [-0.39, 0.29) is 0 Å². The van der Waals surface area contributed by atoms with E-state index in [1.807, 2.05) is 36.4 Å². The largest absolute Gasteiger partial charge is 0.468 e. The summed E-state index contributed by atoms with van der Waals surface area (Å²) in [6.07, 6.45) is 0. The molecule has 1 aliphatic heterocycles. The number of nitriles is 1. The lowest BCUT2D eigenvalue weighted by atomic mass is 9.78. The molecule has 0 aromatic heterocycles. The van der Waals surface area contributed by atoms with E-state index in [1.54, 1.807) is 18.2 Å². The molecule has 0 aliphatic carbocycles. The summed E-state index contributed by atoms with van der Waals surface area (Å²) in [4.78, 5) is 25.0. The molecule has 0 fully saturated rings. The van der Waals surface area contributed by atoms with E-state index in [1.165, 1.54) is 18.9 Å². The Labute approximate surface area is 172 Å². The van der Waals surface area contributed by atoms with Crippen LogP contribution in [0, 0.1) is 17.2 Å². The third kappa shape index (κ3) is 4.22. The summed E-state index contributed by atoms with van der Waals surface area (Å²) in [6.45, 7) is 0. The normalized spacial score (nSPS) is 19.0. The standard InChI is InChI=1S/C21H17ClN2O3S/c1-27-21(26)18-17(14-7-3-2-4-8-14)16(11-23)20(24-19(18)25)28-12-13-6-5-9-15(22)10-13/h2-10,17-18H,12H2,1H3,(H,24,25)/t17-,18+/m0/s1. The zero-order chi connectivity index (χ0) is 20.1. The molecule has 2 atom stereocenters. The summed E-state index contributed by atoms with van der Waals surface area (Å²) in [5.74, 6) is -2.44. The number of hydrogen-bond acceptors (Lipinski definition) is 5. The number of thioether (sulfide) groups is 1. The van der Waals surface area contributed by atoms with E-state index in [4.69, 9.17) is 16.3 Å². The number of methoxy groups -OCH3 is 1. The third-order valence-corrected chi connectivity index (χ3v) is 5.74. The molecule has 0 spiro atoms. The molecule has 142 valence electrons. The monoisotopic (exact) mass is 412 g/mol. The molecule has 0 bridgehead atoms. The van der Waals surface area contributed by atoms with Crippen LogP contribution >= 0.6 is 23.4 Å². The number of nitrogens with one attached hydrogen (secondary N) is 1. The summed E-state index contributed by atoms with van der Waals surface area (Å²) in [5.41, 5.74) is 2.02. The molecule has 1 heterocycles. The fraction of sp³-hybridized carbons (Fsp3) is 0.190. The second kappa shape index (κ2) is 8.96. The molecule has 1 aliphatic rings. The number of amides is 1. The van der Waals surface area contributed by atoms with Crippen molar-refractivity contribution < 1.29 is 14.3 Å². The summed E-state index contributed by atoms with van der Waals surface area (Å²) < 4.78 is 4.83. The quantitative estimate of drug-likeness (QED) is 0.592. The summed E-state index contributed by atoms with van der Waals surface area (Å²) in [6, 6.07) is 18.6. The van der Waals surface area contributed by atoms with Crippen molar-refractivity contribution in [3.8, 4) is 6.07 Å². The van der Waals surface area contributed by atoms with Crippen LogP contribution in [-0.2, 0) is 20.1 Å². The van der Waals surface area contributed by atoms with Crippen molar-refractivity contribution in [1.82, 2.24) is 5.32 Å². The van der Waals surface area contributed by atoms with Gasteiger partial charge in [-0.1, -0.05) is 54.1 Å². The number of hydrogen-bond donors (Lipinski definition) is 1. The second-order valence-corrected chi connectivity index (χ2v) is 7.57. The van der Waals surface area contributed by atoms with Gasteiger partial charge in [0.2, 0.25) is 5.91 Å². The van der Waals surface area contributed by atoms with Crippen molar-refractivity contribution in [3.05, 3.63) is 81.3 Å². The van der Waals surface area contributed by atoms with Gasteiger partial charge in [0.05, 0.1) is 23.8 Å². The number of allylic oxidation sites excluding steroid dienone is 1. The molecule has 0 radical (unpaired) electrons. The van der Waals surface area contributed by atoms with Gasteiger partial charge < -0.3 is 10.1 Å². The summed E-state index contributed by atoms with van der Waals surface area (Å²) >= 11 is 7.35. The maximum atomic E-state index is 12.7. The van der Waals surface area contributed by atoms with Crippen LogP contribution in [-0.4, -0.2) is 19.0 Å². The van der Waals surface area contributed by atoms with E-state index in [2.05, 4.69) is 11.4 Å². The van der Waals surface area contributed by atoms with Gasteiger partial charge in [-0.05, 0) is 23.3 Å². The van der Waals surface area contributed by atoms with Gasteiger partial charge in [0, 0.05) is 16.7 Å². The molecule has 0 saturated carbocycles. The number of nitrogens with zero attached hydrogens (tertiary/aromatic N) is 1. The van der Waals surface area contributed by atoms with E-state index < -0.39 is 23.7 Å². The predicted octanol–water partition coefficient (Wildman–Crippen LogP) is 4.01. The molecule has 1 amide bonds. The lowest BCUT2D eigenvalue weighted by Gasteiger charge is -2.31. The fourth-order valence-corrected chi connectivity index (χ4v) is 4.33. The lowest BCUT2D eigenvalue weighted by Crippen LogP contribution is -2.44. The molecule has 2 aromatic rings. The zero-order valence-corrected chi connectivity index (χ0v) is 16.6. The van der Waals surface area contributed by atoms with Crippen molar-refractivity contribution in [2.75, 3.05) is 7.11 Å². The van der Waals surface area contributed by atoms with Gasteiger partial charge in [0.15, 0.2) is 0 Å². The van der Waals surface area contributed by atoms with Crippen LogP contribution in [0.2, 0.25) is 5.02 Å². The van der Waals surface area contributed by atoms with Gasteiger partial charge in [0.25, 0.3) is 0 Å². The number of ether oxygens (including phenoxy) is 1. The van der Waals surface area contributed by atoms with Gasteiger partial charge in [-0.25, -0.2) is 0 Å². The van der Waals surface area contributed by atoms with Crippen molar-refractivity contribution in [3.63, 3.8) is 0 Å². The number of rotatable bonds is 5. The average Bonchev–Trinajstić information content (AvgIpc) is 2.71. The van der Waals surface area contributed by atoms with E-state index in [0.29, 0.717) is 26.9 Å². The highest BCUT2D eigenvalue weighted by Gasteiger charge is 2.44. The highest BCUT2D eigenvalue weighted by atomic mass is 35.5. The first-order valence-corrected chi connectivity index (χ1v) is 9.86. The average molecular weight is 413 g/mol. The number of halogens is 1. The summed E-state index contributed by atoms with van der Waals surface area (Å²) in [7, 11) is 1.23. The van der Waals surface area contributed by atoms with E-state index >= 15 is 0 Å². The van der Waals surface area contributed by atoms with Crippen molar-refractivity contribution in [2.24, 2.45) is 5.92 Å². The minimum absolute atomic E-state index is 0.341. The molecular formula is C21H17ClN2O3S. The SMILES string of the molecule is COC(=O)[C@H]1C(=O)NC(SCc2cccc(Cl)c2)=C(C#N)[C@@H]1c1ccccc1. The van der Waals surface area contributed by atoms with Crippen LogP contribution in [0.15, 0.2) is 65.2 Å². The van der Waals surface area contributed by atoms with Crippen molar-refractivity contribution in [1.29, 1.82) is 5.26 Å². The Kier molecular flexibility index (Phi) is 6.40. The number of carbonyl (C=O) groups excluding carboxylic acids is 2. The van der Waals surface area contributed by atoms with Crippen LogP contribution < -0.4 is 5.32 Å². The van der Waals surface area contributed by atoms with Crippen molar-refractivity contribution >= 4 is 35.2 Å². The van der Waals surface area contributed by atoms with Gasteiger partial charge in [0.1, 0.15) is 5.92 Å². The Hall–Kier alpha value is -2.75. The molecule has 3 rings (SSSR count). The van der Waals surface area contributed by atoms with Crippen LogP contribution in [0.4, 0.5) is 0 Å². The minimum Gasteiger partial charge on any atom is -0.468 e. The second-order valence-electron chi connectivity index (χ2n) is 6.15. The summed E-state index contributed by atoms with van der Waals surface area (Å²) in [5, 5.41) is 13.6. The molecule has 28 heavy (non-hydrogen) atoms. The Morgan fingerprint density at radius 3 is 2.64 bits per heavy atom. The Bertz CT molecular complexity index is 969. The molecule has 0 saturated heterocycles. The highest BCUT2D eigenvalue weighted by Crippen LogP contribution is 2.40. The van der Waals surface area contributed by atoms with Crippen LogP contribution in [0.1, 0.15) is 17.0 Å². The lowest BCUT2D eigenvalue weighted by molar-refractivity contribution is -0.150. The topological polar surface area (TPSA) is 79.2 Å². The maximum absolute atomic E-state index is 12.7. The molecule has 7 heteroatoms. The number of carbonyl (C=O) groups is 2.